The van der Waals surface area contributed by atoms with Gasteiger partial charge in [0.2, 0.25) is 0 Å². The van der Waals surface area contributed by atoms with Crippen LogP contribution in [0.3, 0.4) is 0 Å². The van der Waals surface area contributed by atoms with Crippen LogP contribution >= 0.6 is 0 Å². The van der Waals surface area contributed by atoms with Crippen LogP contribution in [0.2, 0.25) is 0 Å². The molecule has 0 spiro atoms. The molecule has 1 unspecified atom stereocenters. The van der Waals surface area contributed by atoms with Gasteiger partial charge in [-0.3, -0.25) is 4.79 Å². The van der Waals surface area contributed by atoms with Crippen molar-refractivity contribution in [3.8, 4) is 0 Å². The fourth-order valence-corrected chi connectivity index (χ4v) is 0.670. The molecule has 0 radical (unpaired) electrons. The van der Waals surface area contributed by atoms with E-state index in [0.717, 1.165) is 0 Å². The van der Waals surface area contributed by atoms with Gasteiger partial charge in [0, 0.05) is 0 Å². The second-order valence-corrected chi connectivity index (χ2v) is 1.92. The molecule has 0 saturated heterocycles. The van der Waals surface area contributed by atoms with Gasteiger partial charge < -0.3 is 10.4 Å². The summed E-state index contributed by atoms with van der Waals surface area (Å²) in [5.41, 5.74) is 0. The molecule has 0 rings (SSSR count). The predicted molar refractivity (Wildman–Crippen MR) is 35.8 cm³/mol. The van der Waals surface area contributed by atoms with E-state index >= 15 is 0 Å². The maximum atomic E-state index is 10.6. The molecule has 0 aromatic carbocycles. The van der Waals surface area contributed by atoms with E-state index in [9.17, 15) is 9.59 Å². The van der Waals surface area contributed by atoms with E-state index < -0.39 is 17.8 Å². The molecule has 4 heteroatoms. The maximum absolute atomic E-state index is 10.6. The number of carbonyl (C=O) groups excluding carboxylic acids is 1. The number of hydrogen-bond acceptors (Lipinski definition) is 3. The molecule has 0 aliphatic carbocycles. The third-order valence-corrected chi connectivity index (χ3v) is 1.28. The number of rotatable bonds is 4. The van der Waals surface area contributed by atoms with Crippen LogP contribution in [0.4, 0.5) is 0 Å². The number of ketones is 1. The van der Waals surface area contributed by atoms with E-state index in [1.165, 1.54) is 0 Å². The second kappa shape index (κ2) is 4.00. The molecular weight excluding hydrogens is 134 g/mol. The molecule has 0 aromatic rings. The lowest BCUT2D eigenvalue weighted by Crippen LogP contribution is -2.37. The van der Waals surface area contributed by atoms with Gasteiger partial charge in [-0.15, -0.1) is 0 Å². The second-order valence-electron chi connectivity index (χ2n) is 1.92. The van der Waals surface area contributed by atoms with Crippen LogP contribution in [0.15, 0.2) is 0 Å². The average molecular weight is 145 g/mol. The minimum atomic E-state index is -1.37. The fraction of sp³-hybridized carbons (Fsp3) is 0.667. The van der Waals surface area contributed by atoms with Gasteiger partial charge in [0.1, 0.15) is 0 Å². The van der Waals surface area contributed by atoms with Crippen LogP contribution in [-0.2, 0) is 9.59 Å². The minimum Gasteiger partial charge on any atom is -0.475 e. The lowest BCUT2D eigenvalue weighted by Gasteiger charge is -2.07. The van der Waals surface area contributed by atoms with Crippen LogP contribution < -0.4 is 5.32 Å². The van der Waals surface area contributed by atoms with Crippen molar-refractivity contribution in [2.24, 2.45) is 0 Å². The Balaban J connectivity index is 4.02. The zero-order chi connectivity index (χ0) is 8.15. The average Bonchev–Trinajstić information content (AvgIpc) is 1.90. The SMILES string of the molecule is CCC(NC)C(=O)C(=O)O. The first-order valence-corrected chi connectivity index (χ1v) is 3.07. The number of carbonyl (C=O) groups is 2. The first-order valence-electron chi connectivity index (χ1n) is 3.07. The first kappa shape index (κ1) is 9.10. The van der Waals surface area contributed by atoms with Crippen molar-refractivity contribution < 1.29 is 14.7 Å². The van der Waals surface area contributed by atoms with E-state index in [1.54, 1.807) is 14.0 Å². The molecule has 0 amide bonds. The summed E-state index contributed by atoms with van der Waals surface area (Å²) >= 11 is 0. The number of hydrogen-bond donors (Lipinski definition) is 2. The molecule has 0 heterocycles. The van der Waals surface area contributed by atoms with E-state index in [1.807, 2.05) is 0 Å². The molecule has 2 N–H and O–H groups in total. The number of aliphatic carboxylic acids is 1. The van der Waals surface area contributed by atoms with Gasteiger partial charge in [-0.2, -0.15) is 0 Å². The van der Waals surface area contributed by atoms with Gasteiger partial charge in [0.15, 0.2) is 0 Å². The zero-order valence-electron chi connectivity index (χ0n) is 6.05. The Bertz CT molecular complexity index is 140. The number of Topliss-reactive ketones (excluding diaryl/α,β-unsaturated/α-hetero) is 1. The van der Waals surface area contributed by atoms with Crippen molar-refractivity contribution in [2.75, 3.05) is 7.05 Å². The molecular formula is C6H11NO3. The topological polar surface area (TPSA) is 66.4 Å². The first-order chi connectivity index (χ1) is 4.63. The highest BCUT2D eigenvalue weighted by Gasteiger charge is 2.20. The summed E-state index contributed by atoms with van der Waals surface area (Å²) in [5.74, 6) is -2.15. The molecule has 0 saturated carbocycles. The Labute approximate surface area is 59.2 Å². The smallest absolute Gasteiger partial charge is 0.373 e. The summed E-state index contributed by atoms with van der Waals surface area (Å²) in [6.45, 7) is 1.75. The Morgan fingerprint density at radius 2 is 2.10 bits per heavy atom. The van der Waals surface area contributed by atoms with Gasteiger partial charge in [0.05, 0.1) is 6.04 Å². The number of likely N-dealkylation sites (N-methyl/N-ethyl adjacent to an activating group) is 1. The Morgan fingerprint density at radius 1 is 1.60 bits per heavy atom. The summed E-state index contributed by atoms with van der Waals surface area (Å²) in [6.07, 6.45) is 0.502. The Morgan fingerprint density at radius 3 is 2.20 bits per heavy atom. The van der Waals surface area contributed by atoms with Crippen molar-refractivity contribution in [1.29, 1.82) is 0 Å². The quantitative estimate of drug-likeness (QED) is 0.530. The molecule has 4 nitrogen and oxygen atoms in total. The summed E-state index contributed by atoms with van der Waals surface area (Å²) < 4.78 is 0. The van der Waals surface area contributed by atoms with Crippen molar-refractivity contribution >= 4 is 11.8 Å². The largest absolute Gasteiger partial charge is 0.475 e. The normalized spacial score (nSPS) is 12.6. The van der Waals surface area contributed by atoms with Gasteiger partial charge in [-0.1, -0.05) is 6.92 Å². The third-order valence-electron chi connectivity index (χ3n) is 1.28. The predicted octanol–water partition coefficient (Wildman–Crippen LogP) is -0.362. The van der Waals surface area contributed by atoms with Gasteiger partial charge in [0.25, 0.3) is 5.78 Å². The van der Waals surface area contributed by atoms with Crippen LogP contribution in [0, 0.1) is 0 Å². The third kappa shape index (κ3) is 2.14. The molecule has 58 valence electrons. The van der Waals surface area contributed by atoms with E-state index in [0.29, 0.717) is 6.42 Å². The van der Waals surface area contributed by atoms with Crippen LogP contribution in [-0.4, -0.2) is 29.9 Å². The lowest BCUT2D eigenvalue weighted by atomic mass is 10.1. The summed E-state index contributed by atoms with van der Waals surface area (Å²) in [6, 6.07) is -0.544. The standard InChI is InChI=1S/C6H11NO3/c1-3-4(7-2)5(8)6(9)10/h4,7H,3H2,1-2H3,(H,9,10). The van der Waals surface area contributed by atoms with Gasteiger partial charge in [-0.25, -0.2) is 4.79 Å². The Kier molecular flexibility index (Phi) is 3.64. The molecule has 0 fully saturated rings. The molecule has 0 aromatic heterocycles. The maximum Gasteiger partial charge on any atom is 0.373 e. The zero-order valence-corrected chi connectivity index (χ0v) is 6.05. The van der Waals surface area contributed by atoms with Crippen LogP contribution in [0.1, 0.15) is 13.3 Å². The van der Waals surface area contributed by atoms with E-state index in [2.05, 4.69) is 5.32 Å². The molecule has 1 atom stereocenters. The number of carboxylic acids is 1. The highest BCUT2D eigenvalue weighted by atomic mass is 16.4. The molecule has 0 aliphatic rings. The molecule has 0 bridgehead atoms. The van der Waals surface area contributed by atoms with Crippen molar-refractivity contribution in [1.82, 2.24) is 5.32 Å². The summed E-state index contributed by atoms with van der Waals surface area (Å²) in [4.78, 5) is 20.7. The monoisotopic (exact) mass is 145 g/mol. The van der Waals surface area contributed by atoms with Crippen LogP contribution in [0.25, 0.3) is 0 Å². The highest BCUT2D eigenvalue weighted by molar-refractivity contribution is 6.34. The van der Waals surface area contributed by atoms with E-state index in [-0.39, 0.29) is 0 Å². The summed E-state index contributed by atoms with van der Waals surface area (Å²) in [7, 11) is 1.56. The molecule has 0 aliphatic heterocycles. The van der Waals surface area contributed by atoms with Gasteiger partial charge >= 0.3 is 5.97 Å². The van der Waals surface area contributed by atoms with Crippen molar-refractivity contribution in [3.05, 3.63) is 0 Å². The number of carboxylic acid groups (broad SMARTS) is 1. The molecule has 10 heavy (non-hydrogen) atoms. The highest BCUT2D eigenvalue weighted by Crippen LogP contribution is 1.90. The fourth-order valence-electron chi connectivity index (χ4n) is 0.670. The Hall–Kier alpha value is -0.900. The van der Waals surface area contributed by atoms with Crippen LogP contribution in [0.5, 0.6) is 0 Å². The van der Waals surface area contributed by atoms with E-state index in [4.69, 9.17) is 5.11 Å². The lowest BCUT2D eigenvalue weighted by molar-refractivity contribution is -0.150. The number of nitrogens with one attached hydrogen (secondary N) is 1. The van der Waals surface area contributed by atoms with Gasteiger partial charge in [-0.05, 0) is 13.5 Å². The summed E-state index contributed by atoms with van der Waals surface area (Å²) in [5, 5.41) is 10.8. The van der Waals surface area contributed by atoms with Crippen molar-refractivity contribution in [2.45, 2.75) is 19.4 Å². The minimum absolute atomic E-state index is 0.502. The van der Waals surface area contributed by atoms with Crippen molar-refractivity contribution in [3.63, 3.8) is 0 Å².